The minimum atomic E-state index is 0.0137. The van der Waals surface area contributed by atoms with Crippen molar-refractivity contribution in [1.29, 1.82) is 0 Å². The highest BCUT2D eigenvalue weighted by Gasteiger charge is 2.19. The fourth-order valence-corrected chi connectivity index (χ4v) is 5.76. The quantitative estimate of drug-likeness (QED) is 0.355. The molecular formula is C28H31N3OS. The predicted octanol–water partition coefficient (Wildman–Crippen LogP) is 5.83. The van der Waals surface area contributed by atoms with Crippen LogP contribution in [0.25, 0.3) is 21.1 Å². The lowest BCUT2D eigenvalue weighted by Gasteiger charge is -2.32. The second-order valence-electron chi connectivity index (χ2n) is 9.27. The van der Waals surface area contributed by atoms with Crippen LogP contribution in [0.4, 0.5) is 0 Å². The molecule has 4 aromatic rings. The maximum Gasteiger partial charge on any atom is 0.261 e. The van der Waals surface area contributed by atoms with Gasteiger partial charge in [-0.1, -0.05) is 42.0 Å². The Morgan fingerprint density at radius 3 is 2.70 bits per heavy atom. The lowest BCUT2D eigenvalue weighted by molar-refractivity contribution is 0.0954. The molecule has 0 spiro atoms. The maximum absolute atomic E-state index is 12.7. The van der Waals surface area contributed by atoms with Crippen LogP contribution in [-0.4, -0.2) is 42.0 Å². The van der Waals surface area contributed by atoms with E-state index in [1.807, 2.05) is 12.1 Å². The lowest BCUT2D eigenvalue weighted by Crippen LogP contribution is -2.36. The summed E-state index contributed by atoms with van der Waals surface area (Å²) in [5, 5.41) is 5.28. The fraction of sp³-hybridized carbons (Fsp3) is 0.357. The number of hydrogen-bond acceptors (Lipinski definition) is 4. The Hall–Kier alpha value is -2.76. The number of carbonyl (C=O) groups is 1. The van der Waals surface area contributed by atoms with Gasteiger partial charge in [0.05, 0.1) is 10.4 Å². The number of aromatic nitrogens is 1. The molecule has 1 aliphatic heterocycles. The summed E-state index contributed by atoms with van der Waals surface area (Å²) < 4.78 is 0. The largest absolute Gasteiger partial charge is 0.351 e. The van der Waals surface area contributed by atoms with Gasteiger partial charge in [0.1, 0.15) is 4.83 Å². The molecule has 1 fully saturated rings. The van der Waals surface area contributed by atoms with Crippen molar-refractivity contribution in [2.45, 2.75) is 32.6 Å². The Morgan fingerprint density at radius 2 is 1.88 bits per heavy atom. The number of amides is 1. The van der Waals surface area contributed by atoms with Crippen LogP contribution in [0.3, 0.4) is 0 Å². The number of nitrogens with one attached hydrogen (secondary N) is 1. The van der Waals surface area contributed by atoms with Crippen molar-refractivity contribution in [1.82, 2.24) is 15.2 Å². The van der Waals surface area contributed by atoms with Gasteiger partial charge in [0.15, 0.2) is 0 Å². The average Bonchev–Trinajstić information content (AvgIpc) is 3.25. The molecule has 3 heterocycles. The van der Waals surface area contributed by atoms with Crippen LogP contribution in [0.5, 0.6) is 0 Å². The van der Waals surface area contributed by atoms with E-state index in [0.717, 1.165) is 44.9 Å². The molecule has 5 rings (SSSR count). The number of carbonyl (C=O) groups excluding carboxylic acids is 1. The molecule has 0 radical (unpaired) electrons. The van der Waals surface area contributed by atoms with Crippen molar-refractivity contribution in [3.63, 3.8) is 0 Å². The Balaban J connectivity index is 1.07. The average molecular weight is 458 g/mol. The topological polar surface area (TPSA) is 45.2 Å². The SMILES string of the molecule is Cc1ccc2nc3sc(C(=O)NCCCN4CCC(Cc5ccccc5)CC4)cc3cc2c1. The zero-order valence-electron chi connectivity index (χ0n) is 19.2. The second-order valence-corrected chi connectivity index (χ2v) is 10.3. The van der Waals surface area contributed by atoms with Crippen molar-refractivity contribution >= 4 is 38.4 Å². The van der Waals surface area contributed by atoms with Gasteiger partial charge < -0.3 is 10.2 Å². The van der Waals surface area contributed by atoms with E-state index >= 15 is 0 Å². The van der Waals surface area contributed by atoms with Gasteiger partial charge >= 0.3 is 0 Å². The molecule has 5 heteroatoms. The molecular weight excluding hydrogens is 426 g/mol. The summed E-state index contributed by atoms with van der Waals surface area (Å²) in [5.41, 5.74) is 3.66. The monoisotopic (exact) mass is 457 g/mol. The van der Waals surface area contributed by atoms with Crippen LogP contribution in [0.15, 0.2) is 60.7 Å². The lowest BCUT2D eigenvalue weighted by atomic mass is 9.90. The number of benzene rings is 2. The number of fused-ring (bicyclic) bond motifs is 2. The van der Waals surface area contributed by atoms with Crippen LogP contribution < -0.4 is 5.32 Å². The van der Waals surface area contributed by atoms with E-state index in [9.17, 15) is 4.79 Å². The number of hydrogen-bond donors (Lipinski definition) is 1. The molecule has 0 atom stereocenters. The number of thiophene rings is 1. The van der Waals surface area contributed by atoms with Crippen LogP contribution in [-0.2, 0) is 6.42 Å². The highest BCUT2D eigenvalue weighted by atomic mass is 32.1. The fourth-order valence-electron chi connectivity index (χ4n) is 4.82. The predicted molar refractivity (Wildman–Crippen MR) is 138 cm³/mol. The van der Waals surface area contributed by atoms with Crippen LogP contribution in [0.1, 0.15) is 40.1 Å². The molecule has 33 heavy (non-hydrogen) atoms. The summed E-state index contributed by atoms with van der Waals surface area (Å²) in [6, 6.07) is 21.2. The number of nitrogens with zero attached hydrogens (tertiary/aromatic N) is 2. The van der Waals surface area contributed by atoms with Crippen LogP contribution >= 0.6 is 11.3 Å². The molecule has 1 aliphatic rings. The van der Waals surface area contributed by atoms with Crippen molar-refractivity contribution in [2.24, 2.45) is 5.92 Å². The Labute approximate surface area is 199 Å². The zero-order valence-corrected chi connectivity index (χ0v) is 20.0. The number of aryl methyl sites for hydroxylation is 1. The number of rotatable bonds is 7. The van der Waals surface area contributed by atoms with Crippen LogP contribution in [0, 0.1) is 12.8 Å². The van der Waals surface area contributed by atoms with Gasteiger partial charge in [-0.25, -0.2) is 4.98 Å². The first-order valence-corrected chi connectivity index (χ1v) is 12.8. The summed E-state index contributed by atoms with van der Waals surface area (Å²) in [6.45, 7) is 6.19. The third kappa shape index (κ3) is 5.43. The van der Waals surface area contributed by atoms with E-state index in [4.69, 9.17) is 4.98 Å². The van der Waals surface area contributed by atoms with E-state index in [-0.39, 0.29) is 5.91 Å². The van der Waals surface area contributed by atoms with Crippen LogP contribution in [0.2, 0.25) is 0 Å². The highest BCUT2D eigenvalue weighted by molar-refractivity contribution is 7.20. The molecule has 4 nitrogen and oxygen atoms in total. The van der Waals surface area contributed by atoms with E-state index in [2.05, 4.69) is 65.7 Å². The van der Waals surface area contributed by atoms with Gasteiger partial charge in [0, 0.05) is 17.3 Å². The number of piperidine rings is 1. The molecule has 1 amide bonds. The molecule has 2 aromatic carbocycles. The molecule has 2 aromatic heterocycles. The van der Waals surface area contributed by atoms with Gasteiger partial charge in [-0.05, 0) is 88.0 Å². The van der Waals surface area contributed by atoms with E-state index in [1.54, 1.807) is 0 Å². The molecule has 1 saturated heterocycles. The highest BCUT2D eigenvalue weighted by Crippen LogP contribution is 2.28. The minimum absolute atomic E-state index is 0.0137. The van der Waals surface area contributed by atoms with Gasteiger partial charge in [-0.2, -0.15) is 0 Å². The minimum Gasteiger partial charge on any atom is -0.351 e. The normalized spacial score (nSPS) is 15.3. The Morgan fingerprint density at radius 1 is 1.06 bits per heavy atom. The molecule has 0 bridgehead atoms. The van der Waals surface area contributed by atoms with E-state index in [1.165, 1.54) is 54.8 Å². The van der Waals surface area contributed by atoms with Gasteiger partial charge in [0.25, 0.3) is 5.91 Å². The van der Waals surface area contributed by atoms with Crippen molar-refractivity contribution in [3.05, 3.63) is 76.7 Å². The van der Waals surface area contributed by atoms with E-state index < -0.39 is 0 Å². The first kappa shape index (κ1) is 22.1. The maximum atomic E-state index is 12.7. The molecule has 0 unspecified atom stereocenters. The summed E-state index contributed by atoms with van der Waals surface area (Å²) in [4.78, 5) is 21.6. The van der Waals surface area contributed by atoms with Gasteiger partial charge in [-0.3, -0.25) is 4.79 Å². The molecule has 1 N–H and O–H groups in total. The summed E-state index contributed by atoms with van der Waals surface area (Å²) in [6.07, 6.45) is 4.72. The summed E-state index contributed by atoms with van der Waals surface area (Å²) in [5.74, 6) is 0.810. The zero-order chi connectivity index (χ0) is 22.6. The summed E-state index contributed by atoms with van der Waals surface area (Å²) >= 11 is 1.48. The first-order valence-electron chi connectivity index (χ1n) is 12.0. The first-order chi connectivity index (χ1) is 16.1. The summed E-state index contributed by atoms with van der Waals surface area (Å²) in [7, 11) is 0. The number of likely N-dealkylation sites (tertiary alicyclic amines) is 1. The number of pyridine rings is 1. The third-order valence-corrected chi connectivity index (χ3v) is 7.73. The van der Waals surface area contributed by atoms with Crippen molar-refractivity contribution in [2.75, 3.05) is 26.2 Å². The standard InChI is InChI=1S/C28H31N3OS/c1-20-8-9-25-23(16-20)18-24-19-26(33-28(24)30-25)27(32)29-12-5-13-31-14-10-22(11-15-31)17-21-6-3-2-4-7-21/h2-4,6-9,16,18-19,22H,5,10-15,17H2,1H3,(H,29,32). The van der Waals surface area contributed by atoms with E-state index in [0.29, 0.717) is 6.54 Å². The molecule has 0 saturated carbocycles. The second kappa shape index (κ2) is 10.0. The van der Waals surface area contributed by atoms with Gasteiger partial charge in [0.2, 0.25) is 0 Å². The molecule has 170 valence electrons. The third-order valence-electron chi connectivity index (χ3n) is 6.69. The van der Waals surface area contributed by atoms with Crippen molar-refractivity contribution in [3.8, 4) is 0 Å². The Kier molecular flexibility index (Phi) is 6.70. The van der Waals surface area contributed by atoms with Crippen molar-refractivity contribution < 1.29 is 4.79 Å². The molecule has 0 aliphatic carbocycles. The smallest absolute Gasteiger partial charge is 0.261 e. The Bertz CT molecular complexity index is 1240. The van der Waals surface area contributed by atoms with Gasteiger partial charge in [-0.15, -0.1) is 11.3 Å².